The van der Waals surface area contributed by atoms with E-state index in [1.54, 1.807) is 25.4 Å². The molecular formula is C26H24N6O3. The molecule has 0 bridgehead atoms. The summed E-state index contributed by atoms with van der Waals surface area (Å²) in [4.78, 5) is 24.8. The van der Waals surface area contributed by atoms with E-state index in [4.69, 9.17) is 21.8 Å². The van der Waals surface area contributed by atoms with Crippen LogP contribution in [0.25, 0.3) is 10.9 Å². The predicted octanol–water partition coefficient (Wildman–Crippen LogP) is 3.22. The first-order valence-electron chi connectivity index (χ1n) is 10.7. The number of nitrogens with zero attached hydrogens (tertiary/aromatic N) is 2. The van der Waals surface area contributed by atoms with Crippen molar-refractivity contribution >= 4 is 34.1 Å². The number of para-hydroxylation sites is 1. The van der Waals surface area contributed by atoms with Gasteiger partial charge >= 0.3 is 0 Å². The zero-order chi connectivity index (χ0) is 24.8. The van der Waals surface area contributed by atoms with Crippen LogP contribution in [0.15, 0.2) is 90.1 Å². The summed E-state index contributed by atoms with van der Waals surface area (Å²) in [5.41, 5.74) is 10.4. The lowest BCUT2D eigenvalue weighted by Crippen LogP contribution is -2.33. The second-order valence-corrected chi connectivity index (χ2v) is 7.51. The minimum Gasteiger partial charge on any atom is -0.497 e. The number of aromatic nitrogens is 1. The van der Waals surface area contributed by atoms with Gasteiger partial charge in [0, 0.05) is 28.3 Å². The fourth-order valence-corrected chi connectivity index (χ4v) is 3.61. The first-order valence-corrected chi connectivity index (χ1v) is 10.7. The summed E-state index contributed by atoms with van der Waals surface area (Å²) in [5, 5.41) is 11.1. The maximum absolute atomic E-state index is 11.8. The number of aliphatic imine (C=N–C) groups is 1. The summed E-state index contributed by atoms with van der Waals surface area (Å²) in [6, 6.07) is 24.4. The minimum atomic E-state index is -0.886. The lowest BCUT2D eigenvalue weighted by Gasteiger charge is -2.09. The molecular weight excluding hydrogens is 444 g/mol. The molecule has 1 unspecified atom stereocenters. The van der Waals surface area contributed by atoms with Gasteiger partial charge in [0.1, 0.15) is 5.75 Å². The molecule has 1 aliphatic rings. The van der Waals surface area contributed by atoms with Gasteiger partial charge in [-0.2, -0.15) is 5.90 Å². The van der Waals surface area contributed by atoms with Crippen LogP contribution in [0, 0.1) is 5.41 Å². The fourth-order valence-electron chi connectivity index (χ4n) is 3.61. The van der Waals surface area contributed by atoms with Crippen LogP contribution in [-0.4, -0.2) is 35.8 Å². The van der Waals surface area contributed by atoms with E-state index in [9.17, 15) is 4.79 Å². The van der Waals surface area contributed by atoms with Crippen LogP contribution < -0.4 is 21.7 Å². The summed E-state index contributed by atoms with van der Waals surface area (Å²) < 4.78 is 5.12. The highest BCUT2D eigenvalue weighted by atomic mass is 16.6. The van der Waals surface area contributed by atoms with Crippen LogP contribution >= 0.6 is 0 Å². The number of hydrogen-bond acceptors (Lipinski definition) is 8. The van der Waals surface area contributed by atoms with Crippen molar-refractivity contribution in [3.05, 3.63) is 102 Å². The van der Waals surface area contributed by atoms with Gasteiger partial charge in [0.05, 0.1) is 24.0 Å². The Morgan fingerprint density at radius 1 is 1.03 bits per heavy atom. The maximum Gasteiger partial charge on any atom is 0.263 e. The van der Waals surface area contributed by atoms with Crippen molar-refractivity contribution in [1.82, 2.24) is 4.98 Å². The van der Waals surface area contributed by atoms with Crippen molar-refractivity contribution in [3.63, 3.8) is 0 Å². The number of methoxy groups -OCH3 is 1. The molecule has 4 aromatic rings. The summed E-state index contributed by atoms with van der Waals surface area (Å²) in [6.07, 6.45) is 0.722. The monoisotopic (exact) mass is 468 g/mol. The number of amides is 1. The highest BCUT2D eigenvalue weighted by Gasteiger charge is 2.22. The molecule has 1 aromatic heterocycles. The quantitative estimate of drug-likeness (QED) is 0.206. The third-order valence-electron chi connectivity index (χ3n) is 5.34. The van der Waals surface area contributed by atoms with Crippen molar-refractivity contribution in [3.8, 4) is 5.75 Å². The summed E-state index contributed by atoms with van der Waals surface area (Å²) in [7, 11) is 1.59. The van der Waals surface area contributed by atoms with Gasteiger partial charge in [-0.3, -0.25) is 20.2 Å². The number of ether oxygens (including phenoxy) is 1. The molecule has 176 valence electrons. The van der Waals surface area contributed by atoms with Gasteiger partial charge < -0.3 is 20.6 Å². The Hall–Kier alpha value is -4.60. The number of rotatable bonds is 3. The molecule has 1 amide bonds. The number of anilines is 1. The molecule has 0 radical (unpaired) electrons. The number of carbonyl (C=O) groups excluding carboxylic acids is 1. The second-order valence-electron chi connectivity index (χ2n) is 7.51. The molecule has 9 nitrogen and oxygen atoms in total. The number of hydrogen-bond donors (Lipinski definition) is 4. The number of nitrogens with two attached hydrogens (primary N) is 2. The Bertz CT molecular complexity index is 1400. The molecule has 9 heteroatoms. The highest BCUT2D eigenvalue weighted by molar-refractivity contribution is 6.19. The van der Waals surface area contributed by atoms with Crippen LogP contribution in [0.4, 0.5) is 5.69 Å². The van der Waals surface area contributed by atoms with Gasteiger partial charge in [0.15, 0.2) is 6.17 Å². The Morgan fingerprint density at radius 3 is 2.51 bits per heavy atom. The lowest BCUT2D eigenvalue weighted by atomic mass is 10.0. The number of nitrogens with one attached hydrogen (secondary N) is 2. The van der Waals surface area contributed by atoms with Crippen molar-refractivity contribution in [2.24, 2.45) is 16.6 Å². The number of pyridine rings is 1. The molecule has 35 heavy (non-hydrogen) atoms. The predicted molar refractivity (Wildman–Crippen MR) is 136 cm³/mol. The Labute approximate surface area is 201 Å². The van der Waals surface area contributed by atoms with Gasteiger partial charge in [-0.15, -0.1) is 0 Å². The smallest absolute Gasteiger partial charge is 0.263 e. The van der Waals surface area contributed by atoms with E-state index in [0.29, 0.717) is 11.3 Å². The Kier molecular flexibility index (Phi) is 7.10. The van der Waals surface area contributed by atoms with Gasteiger partial charge in [-0.1, -0.05) is 48.5 Å². The van der Waals surface area contributed by atoms with E-state index in [0.717, 1.165) is 33.4 Å². The van der Waals surface area contributed by atoms with E-state index in [1.165, 1.54) is 0 Å². The fraction of sp³-hybridized carbons (Fsp3) is 0.0769. The number of benzene rings is 3. The van der Waals surface area contributed by atoms with E-state index in [1.807, 2.05) is 66.7 Å². The van der Waals surface area contributed by atoms with Crippen LogP contribution in [0.3, 0.4) is 0 Å². The SMILES string of the molecule is COc1ccc2nccc(C(=N)ON)c2c1.NC1N=C(c2ccccc2)c2ccccc2NC1=O. The van der Waals surface area contributed by atoms with Crippen LogP contribution in [0.2, 0.25) is 0 Å². The van der Waals surface area contributed by atoms with Crippen LogP contribution in [-0.2, 0) is 9.63 Å². The van der Waals surface area contributed by atoms with Crippen molar-refractivity contribution in [2.45, 2.75) is 6.17 Å². The Morgan fingerprint density at radius 2 is 1.77 bits per heavy atom. The first-order chi connectivity index (χ1) is 17.0. The molecule has 0 saturated heterocycles. The van der Waals surface area contributed by atoms with E-state index >= 15 is 0 Å². The molecule has 6 N–H and O–H groups in total. The third kappa shape index (κ3) is 5.16. The van der Waals surface area contributed by atoms with Gasteiger partial charge in [-0.05, 0) is 30.3 Å². The zero-order valence-electron chi connectivity index (χ0n) is 18.9. The topological polar surface area (TPSA) is 149 Å². The molecule has 0 fully saturated rings. The molecule has 0 aliphatic carbocycles. The lowest BCUT2D eigenvalue weighted by molar-refractivity contribution is -0.117. The van der Waals surface area contributed by atoms with Gasteiger partial charge in [0.25, 0.3) is 5.91 Å². The summed E-state index contributed by atoms with van der Waals surface area (Å²) in [6.45, 7) is 0. The Balaban J connectivity index is 0.000000168. The molecule has 1 atom stereocenters. The van der Waals surface area contributed by atoms with E-state index < -0.39 is 6.17 Å². The van der Waals surface area contributed by atoms with Gasteiger partial charge in [-0.25, -0.2) is 0 Å². The average molecular weight is 469 g/mol. The number of carbonyl (C=O) groups is 1. The normalized spacial score (nSPS) is 14.4. The van der Waals surface area contributed by atoms with E-state index in [-0.39, 0.29) is 11.8 Å². The number of fused-ring (bicyclic) bond motifs is 2. The molecule has 0 saturated carbocycles. The number of benzodiazepines with no additional fused rings is 1. The maximum atomic E-state index is 11.8. The molecule has 2 heterocycles. The summed E-state index contributed by atoms with van der Waals surface area (Å²) in [5.74, 6) is 5.30. The highest BCUT2D eigenvalue weighted by Crippen LogP contribution is 2.24. The van der Waals surface area contributed by atoms with Crippen LogP contribution in [0.5, 0.6) is 5.75 Å². The second kappa shape index (κ2) is 10.6. The minimum absolute atomic E-state index is 0.0966. The third-order valence-corrected chi connectivity index (χ3v) is 5.34. The van der Waals surface area contributed by atoms with Crippen LogP contribution in [0.1, 0.15) is 16.7 Å². The molecule has 1 aliphatic heterocycles. The molecule has 0 spiro atoms. The van der Waals surface area contributed by atoms with Crippen molar-refractivity contribution in [2.75, 3.05) is 12.4 Å². The molecule has 3 aromatic carbocycles. The standard InChI is InChI=1S/C15H13N3O.C11H11N3O2/c16-14-15(19)17-12-9-5-4-8-11(12)13(18-14)10-6-2-1-3-7-10;1-15-7-2-3-10-9(6-7)8(4-5-14-10)11(12)16-13/h1-9,14H,16H2,(H,17,19);2-6,12H,13H2,1H3. The molecule has 5 rings (SSSR count). The van der Waals surface area contributed by atoms with Crippen molar-refractivity contribution < 1.29 is 14.4 Å². The van der Waals surface area contributed by atoms with Gasteiger partial charge in [0.2, 0.25) is 5.90 Å². The largest absolute Gasteiger partial charge is 0.497 e. The van der Waals surface area contributed by atoms with Crippen molar-refractivity contribution in [1.29, 1.82) is 5.41 Å². The zero-order valence-corrected chi connectivity index (χ0v) is 18.9. The summed E-state index contributed by atoms with van der Waals surface area (Å²) >= 11 is 0. The average Bonchev–Trinajstić information content (AvgIpc) is 3.04. The van der Waals surface area contributed by atoms with E-state index in [2.05, 4.69) is 20.1 Å². The first kappa shape index (κ1) is 23.6.